The molecule has 1 saturated carbocycles. The van der Waals surface area contributed by atoms with Crippen LogP contribution in [0.15, 0.2) is 12.1 Å². The van der Waals surface area contributed by atoms with Crippen molar-refractivity contribution in [3.8, 4) is 17.9 Å². The standard InChI is InChI=1S/C27H40N2O/c1-3-5-7-12-22-13-9-10-14-23(22)16-11-19-30-27-18-17-24(15-8-6-4-2)25(20-28)26(27)21-29/h17-18,22-23H,3-16,19H2,1-2H3. The number of rotatable bonds is 13. The Hall–Kier alpha value is -2.00. The molecule has 2 rings (SSSR count). The van der Waals surface area contributed by atoms with Gasteiger partial charge >= 0.3 is 0 Å². The molecule has 0 aliphatic heterocycles. The summed E-state index contributed by atoms with van der Waals surface area (Å²) in [5.41, 5.74) is 1.91. The van der Waals surface area contributed by atoms with Crippen LogP contribution in [0.3, 0.4) is 0 Å². The van der Waals surface area contributed by atoms with Crippen molar-refractivity contribution in [1.82, 2.24) is 0 Å². The molecule has 0 spiro atoms. The van der Waals surface area contributed by atoms with Crippen molar-refractivity contribution >= 4 is 0 Å². The average Bonchev–Trinajstić information content (AvgIpc) is 2.78. The van der Waals surface area contributed by atoms with Crippen molar-refractivity contribution in [3.63, 3.8) is 0 Å². The summed E-state index contributed by atoms with van der Waals surface area (Å²) in [6.45, 7) is 5.08. The summed E-state index contributed by atoms with van der Waals surface area (Å²) in [4.78, 5) is 0. The number of ether oxygens (including phenoxy) is 1. The molecule has 1 aromatic rings. The van der Waals surface area contributed by atoms with Crippen LogP contribution in [0.4, 0.5) is 0 Å². The highest BCUT2D eigenvalue weighted by Gasteiger charge is 2.24. The molecular weight excluding hydrogens is 368 g/mol. The molecule has 0 heterocycles. The highest BCUT2D eigenvalue weighted by molar-refractivity contribution is 5.57. The third-order valence-corrected chi connectivity index (χ3v) is 6.75. The monoisotopic (exact) mass is 408 g/mol. The smallest absolute Gasteiger partial charge is 0.138 e. The maximum atomic E-state index is 9.64. The van der Waals surface area contributed by atoms with Gasteiger partial charge in [0.15, 0.2) is 0 Å². The Labute approximate surface area is 184 Å². The van der Waals surface area contributed by atoms with E-state index < -0.39 is 0 Å². The van der Waals surface area contributed by atoms with Gasteiger partial charge in [0.05, 0.1) is 12.2 Å². The Balaban J connectivity index is 1.89. The van der Waals surface area contributed by atoms with Crippen molar-refractivity contribution in [2.45, 2.75) is 104 Å². The first kappa shape index (κ1) is 24.3. The highest BCUT2D eigenvalue weighted by Crippen LogP contribution is 2.36. The van der Waals surface area contributed by atoms with Crippen molar-refractivity contribution in [2.75, 3.05) is 6.61 Å². The van der Waals surface area contributed by atoms with E-state index in [1.54, 1.807) is 0 Å². The molecule has 0 bridgehead atoms. The lowest BCUT2D eigenvalue weighted by atomic mass is 9.74. The Kier molecular flexibility index (Phi) is 11.4. The van der Waals surface area contributed by atoms with E-state index in [9.17, 15) is 10.5 Å². The molecule has 164 valence electrons. The van der Waals surface area contributed by atoms with E-state index in [4.69, 9.17) is 4.74 Å². The number of unbranched alkanes of at least 4 members (excludes halogenated alkanes) is 4. The normalized spacial score (nSPS) is 18.5. The fourth-order valence-electron chi connectivity index (χ4n) is 4.99. The second-order valence-electron chi connectivity index (χ2n) is 8.94. The van der Waals surface area contributed by atoms with Crippen LogP contribution in [-0.4, -0.2) is 6.61 Å². The zero-order valence-corrected chi connectivity index (χ0v) is 19.2. The Bertz CT molecular complexity index is 713. The summed E-state index contributed by atoms with van der Waals surface area (Å²) in [6, 6.07) is 8.36. The SMILES string of the molecule is CCCCCc1ccc(OCCCC2CCCCC2CCCCC)c(C#N)c1C#N. The van der Waals surface area contributed by atoms with E-state index in [1.165, 1.54) is 57.8 Å². The fourth-order valence-corrected chi connectivity index (χ4v) is 4.99. The maximum absolute atomic E-state index is 9.64. The van der Waals surface area contributed by atoms with Crippen molar-refractivity contribution < 1.29 is 4.74 Å². The number of aryl methyl sites for hydroxylation is 1. The third kappa shape index (κ3) is 7.36. The van der Waals surface area contributed by atoms with Crippen LogP contribution >= 0.6 is 0 Å². The molecule has 0 aromatic heterocycles. The minimum Gasteiger partial charge on any atom is -0.492 e. The molecule has 1 aliphatic carbocycles. The topological polar surface area (TPSA) is 56.8 Å². The number of nitrogens with zero attached hydrogens (tertiary/aromatic N) is 2. The molecule has 0 radical (unpaired) electrons. The van der Waals surface area contributed by atoms with Gasteiger partial charge in [-0.1, -0.05) is 84.1 Å². The second-order valence-corrected chi connectivity index (χ2v) is 8.94. The first-order valence-corrected chi connectivity index (χ1v) is 12.3. The van der Waals surface area contributed by atoms with Crippen LogP contribution in [-0.2, 0) is 6.42 Å². The van der Waals surface area contributed by atoms with E-state index in [1.807, 2.05) is 12.1 Å². The van der Waals surface area contributed by atoms with Gasteiger partial charge in [-0.3, -0.25) is 0 Å². The van der Waals surface area contributed by atoms with Crippen LogP contribution in [0.25, 0.3) is 0 Å². The van der Waals surface area contributed by atoms with E-state index in [0.717, 1.165) is 49.5 Å². The summed E-state index contributed by atoms with van der Waals surface area (Å²) in [5, 5.41) is 19.3. The van der Waals surface area contributed by atoms with Crippen LogP contribution in [0, 0.1) is 34.5 Å². The maximum Gasteiger partial charge on any atom is 0.138 e. The lowest BCUT2D eigenvalue weighted by molar-refractivity contribution is 0.190. The van der Waals surface area contributed by atoms with Gasteiger partial charge in [-0.2, -0.15) is 10.5 Å². The van der Waals surface area contributed by atoms with Crippen molar-refractivity contribution in [3.05, 3.63) is 28.8 Å². The lowest BCUT2D eigenvalue weighted by Crippen LogP contribution is -2.20. The summed E-state index contributed by atoms with van der Waals surface area (Å²) in [5.74, 6) is 2.31. The van der Waals surface area contributed by atoms with E-state index in [0.29, 0.717) is 23.5 Å². The van der Waals surface area contributed by atoms with Crippen LogP contribution in [0.1, 0.15) is 114 Å². The van der Waals surface area contributed by atoms with Crippen LogP contribution in [0.2, 0.25) is 0 Å². The predicted octanol–water partition coefficient (Wildman–Crippen LogP) is 7.71. The first-order valence-electron chi connectivity index (χ1n) is 12.3. The van der Waals surface area contributed by atoms with E-state index in [2.05, 4.69) is 26.0 Å². The van der Waals surface area contributed by atoms with Gasteiger partial charge in [0.1, 0.15) is 23.5 Å². The summed E-state index contributed by atoms with van der Waals surface area (Å²) < 4.78 is 6.00. The van der Waals surface area contributed by atoms with E-state index >= 15 is 0 Å². The molecule has 1 aromatic carbocycles. The van der Waals surface area contributed by atoms with Crippen LogP contribution < -0.4 is 4.74 Å². The Morgan fingerprint density at radius 2 is 1.47 bits per heavy atom. The largest absolute Gasteiger partial charge is 0.492 e. The van der Waals surface area contributed by atoms with Crippen molar-refractivity contribution in [2.24, 2.45) is 11.8 Å². The highest BCUT2D eigenvalue weighted by atomic mass is 16.5. The minimum atomic E-state index is 0.418. The van der Waals surface area contributed by atoms with Gasteiger partial charge in [-0.25, -0.2) is 0 Å². The predicted molar refractivity (Wildman–Crippen MR) is 123 cm³/mol. The number of benzene rings is 1. The first-order chi connectivity index (χ1) is 14.7. The fraction of sp³-hybridized carbons (Fsp3) is 0.704. The Morgan fingerprint density at radius 1 is 0.833 bits per heavy atom. The molecule has 30 heavy (non-hydrogen) atoms. The molecule has 1 fully saturated rings. The van der Waals surface area contributed by atoms with Gasteiger partial charge in [0, 0.05) is 0 Å². The summed E-state index contributed by atoms with van der Waals surface area (Å²) in [6.07, 6.45) is 17.4. The van der Waals surface area contributed by atoms with E-state index in [-0.39, 0.29) is 0 Å². The van der Waals surface area contributed by atoms with Gasteiger partial charge < -0.3 is 4.74 Å². The number of hydrogen-bond donors (Lipinski definition) is 0. The molecule has 2 unspecified atom stereocenters. The third-order valence-electron chi connectivity index (χ3n) is 6.75. The summed E-state index contributed by atoms with van der Waals surface area (Å²) in [7, 11) is 0. The zero-order chi connectivity index (χ0) is 21.6. The molecule has 0 amide bonds. The minimum absolute atomic E-state index is 0.418. The summed E-state index contributed by atoms with van der Waals surface area (Å²) >= 11 is 0. The van der Waals surface area contributed by atoms with Gasteiger partial charge in [-0.05, 0) is 49.1 Å². The Morgan fingerprint density at radius 3 is 2.10 bits per heavy atom. The molecule has 3 heteroatoms. The van der Waals surface area contributed by atoms with Crippen molar-refractivity contribution in [1.29, 1.82) is 10.5 Å². The number of nitriles is 2. The van der Waals surface area contributed by atoms with Gasteiger partial charge in [0.25, 0.3) is 0 Å². The zero-order valence-electron chi connectivity index (χ0n) is 19.2. The molecule has 1 aliphatic rings. The van der Waals surface area contributed by atoms with Crippen LogP contribution in [0.5, 0.6) is 5.75 Å². The van der Waals surface area contributed by atoms with Gasteiger partial charge in [0.2, 0.25) is 0 Å². The second kappa shape index (κ2) is 14.1. The number of hydrogen-bond acceptors (Lipinski definition) is 3. The average molecular weight is 409 g/mol. The molecule has 2 atom stereocenters. The quantitative estimate of drug-likeness (QED) is 0.314. The molecule has 3 nitrogen and oxygen atoms in total. The molecule has 0 saturated heterocycles. The van der Waals surface area contributed by atoms with Gasteiger partial charge in [-0.15, -0.1) is 0 Å². The molecule has 0 N–H and O–H groups in total. The molecular formula is C27H40N2O. The lowest BCUT2D eigenvalue weighted by Gasteiger charge is -2.31.